The van der Waals surface area contributed by atoms with Crippen LogP contribution < -0.4 is 10.6 Å². The lowest BCUT2D eigenvalue weighted by Gasteiger charge is -2.28. The van der Waals surface area contributed by atoms with Crippen LogP contribution in [0.25, 0.3) is 0 Å². The van der Waals surface area contributed by atoms with E-state index in [2.05, 4.69) is 27.7 Å². The number of carbonyl (C=O) groups excluding carboxylic acids is 2. The van der Waals surface area contributed by atoms with Crippen LogP contribution in [0.15, 0.2) is 46.3 Å². The molecule has 0 unspecified atom stereocenters. The number of benzene rings is 2. The third kappa shape index (κ3) is 4.00. The number of nitrogens with zero attached hydrogens (tertiary/aromatic N) is 3. The molecule has 1 atom stereocenters. The third-order valence-corrected chi connectivity index (χ3v) is 6.41. The van der Waals surface area contributed by atoms with Crippen molar-refractivity contribution in [1.82, 2.24) is 9.80 Å². The molecule has 0 saturated carbocycles. The van der Waals surface area contributed by atoms with Crippen LogP contribution in [-0.2, 0) is 22.6 Å². The average Bonchev–Trinajstić information content (AvgIpc) is 3.12. The van der Waals surface area contributed by atoms with E-state index in [4.69, 9.17) is 4.99 Å². The molecule has 2 N–H and O–H groups in total. The van der Waals surface area contributed by atoms with Crippen molar-refractivity contribution in [3.8, 4) is 0 Å². The first kappa shape index (κ1) is 20.3. The lowest BCUT2D eigenvalue weighted by atomic mass is 10.0. The summed E-state index contributed by atoms with van der Waals surface area (Å²) in [5.74, 6) is 0.765. The Morgan fingerprint density at radius 2 is 1.97 bits per heavy atom. The molecule has 8 heteroatoms. The molecule has 2 amide bonds. The minimum absolute atomic E-state index is 0.0953. The highest BCUT2D eigenvalue weighted by Crippen LogP contribution is 2.45. The van der Waals surface area contributed by atoms with Crippen LogP contribution in [0, 0.1) is 0 Å². The molecule has 2 heterocycles. The Kier molecular flexibility index (Phi) is 5.42. The zero-order valence-electron chi connectivity index (χ0n) is 17.5. The second-order valence-electron chi connectivity index (χ2n) is 7.77. The zero-order valence-corrected chi connectivity index (χ0v) is 18.3. The molecule has 0 saturated heterocycles. The van der Waals surface area contributed by atoms with Gasteiger partial charge >= 0.3 is 0 Å². The average molecular weight is 424 g/mol. The number of anilines is 2. The summed E-state index contributed by atoms with van der Waals surface area (Å²) in [6.07, 6.45) is 0.693. The Bertz CT molecular complexity index is 1050. The molecule has 0 fully saturated rings. The van der Waals surface area contributed by atoms with Crippen LogP contribution in [-0.4, -0.2) is 54.0 Å². The summed E-state index contributed by atoms with van der Waals surface area (Å²) in [4.78, 5) is 33.6. The van der Waals surface area contributed by atoms with Gasteiger partial charge in [-0.2, -0.15) is 0 Å². The SMILES string of the molecule is CC(=O)Nc1cccc(NC2=Nc3c(ccc4c3C[C@H](C(=O)N(C)C)S4)CN2C)c1. The Labute approximate surface area is 180 Å². The van der Waals surface area contributed by atoms with Gasteiger partial charge in [-0.25, -0.2) is 4.99 Å². The number of nitrogens with one attached hydrogen (secondary N) is 2. The van der Waals surface area contributed by atoms with Crippen molar-refractivity contribution in [2.45, 2.75) is 30.0 Å². The number of carbonyl (C=O) groups is 2. The van der Waals surface area contributed by atoms with E-state index in [0.29, 0.717) is 6.42 Å². The van der Waals surface area contributed by atoms with Crippen molar-refractivity contribution in [2.24, 2.45) is 4.99 Å². The van der Waals surface area contributed by atoms with Crippen LogP contribution in [0.3, 0.4) is 0 Å². The number of aliphatic imine (C=N–C) groups is 1. The number of guanidine groups is 1. The first-order valence-electron chi connectivity index (χ1n) is 9.79. The third-order valence-electron chi connectivity index (χ3n) is 5.12. The highest BCUT2D eigenvalue weighted by atomic mass is 32.2. The summed E-state index contributed by atoms with van der Waals surface area (Å²) < 4.78 is 0. The Hall–Kier alpha value is -3.00. The fraction of sp³-hybridized carbons (Fsp3) is 0.318. The number of hydrogen-bond donors (Lipinski definition) is 2. The van der Waals surface area contributed by atoms with Gasteiger partial charge in [0.05, 0.1) is 10.9 Å². The van der Waals surface area contributed by atoms with Gasteiger partial charge in [-0.05, 0) is 41.8 Å². The van der Waals surface area contributed by atoms with E-state index < -0.39 is 0 Å². The lowest BCUT2D eigenvalue weighted by molar-refractivity contribution is -0.128. The monoisotopic (exact) mass is 423 g/mol. The summed E-state index contributed by atoms with van der Waals surface area (Å²) in [6, 6.07) is 11.8. The topological polar surface area (TPSA) is 77.0 Å². The fourth-order valence-electron chi connectivity index (χ4n) is 3.70. The van der Waals surface area contributed by atoms with Gasteiger partial charge in [0.1, 0.15) is 0 Å². The van der Waals surface area contributed by atoms with Crippen LogP contribution in [0.4, 0.5) is 17.1 Å². The van der Waals surface area contributed by atoms with Crippen LogP contribution in [0.2, 0.25) is 0 Å². The van der Waals surface area contributed by atoms with Gasteiger partial charge < -0.3 is 20.4 Å². The van der Waals surface area contributed by atoms with Crippen molar-refractivity contribution in [1.29, 1.82) is 0 Å². The number of hydrogen-bond acceptors (Lipinski definition) is 6. The van der Waals surface area contributed by atoms with Gasteiger partial charge in [-0.3, -0.25) is 9.59 Å². The van der Waals surface area contributed by atoms with E-state index in [-0.39, 0.29) is 17.1 Å². The van der Waals surface area contributed by atoms with E-state index in [1.54, 1.807) is 30.8 Å². The van der Waals surface area contributed by atoms with Crippen molar-refractivity contribution < 1.29 is 9.59 Å². The first-order valence-corrected chi connectivity index (χ1v) is 10.7. The summed E-state index contributed by atoms with van der Waals surface area (Å²) in [6.45, 7) is 2.22. The molecule has 2 aromatic rings. The van der Waals surface area contributed by atoms with Crippen molar-refractivity contribution in [3.63, 3.8) is 0 Å². The van der Waals surface area contributed by atoms with Gasteiger partial charge in [-0.1, -0.05) is 12.1 Å². The number of thioether (sulfide) groups is 1. The van der Waals surface area contributed by atoms with E-state index in [0.717, 1.165) is 45.6 Å². The molecular formula is C22H25N5O2S. The van der Waals surface area contributed by atoms with Crippen molar-refractivity contribution in [3.05, 3.63) is 47.5 Å². The van der Waals surface area contributed by atoms with Gasteiger partial charge in [0.25, 0.3) is 0 Å². The predicted octanol–water partition coefficient (Wildman–Crippen LogP) is 3.30. The summed E-state index contributed by atoms with van der Waals surface area (Å²) in [5, 5.41) is 6.07. The van der Waals surface area contributed by atoms with E-state index >= 15 is 0 Å². The standard InChI is InChI=1S/C22H25N5O2S/c1-13(28)23-15-6-5-7-16(10-15)24-22-25-20-14(12-27(22)4)8-9-18-17(20)11-19(30-18)21(29)26(2)3/h5-10,19H,11-12H2,1-4H3,(H,23,28)(H,24,25)/t19-/m1/s1. The second kappa shape index (κ2) is 8.02. The zero-order chi connectivity index (χ0) is 21.4. The highest BCUT2D eigenvalue weighted by Gasteiger charge is 2.33. The molecule has 0 radical (unpaired) electrons. The van der Waals surface area contributed by atoms with Gasteiger partial charge in [0.15, 0.2) is 0 Å². The summed E-state index contributed by atoms with van der Waals surface area (Å²) in [7, 11) is 5.59. The number of fused-ring (bicyclic) bond motifs is 3. The molecule has 30 heavy (non-hydrogen) atoms. The number of rotatable bonds is 3. The molecule has 7 nitrogen and oxygen atoms in total. The molecule has 0 aliphatic carbocycles. The molecule has 2 aliphatic heterocycles. The first-order chi connectivity index (χ1) is 14.3. The fourth-order valence-corrected chi connectivity index (χ4v) is 5.04. The van der Waals surface area contributed by atoms with Crippen molar-refractivity contribution in [2.75, 3.05) is 31.8 Å². The smallest absolute Gasteiger partial charge is 0.235 e. The van der Waals surface area contributed by atoms with Crippen LogP contribution in [0.5, 0.6) is 0 Å². The van der Waals surface area contributed by atoms with Gasteiger partial charge in [0.2, 0.25) is 17.8 Å². The summed E-state index contributed by atoms with van der Waals surface area (Å²) in [5.41, 5.74) is 4.85. The second-order valence-corrected chi connectivity index (χ2v) is 9.02. The minimum Gasteiger partial charge on any atom is -0.348 e. The molecule has 2 aromatic carbocycles. The quantitative estimate of drug-likeness (QED) is 0.792. The van der Waals surface area contributed by atoms with Crippen LogP contribution >= 0.6 is 11.8 Å². The molecular weight excluding hydrogens is 398 g/mol. The largest absolute Gasteiger partial charge is 0.348 e. The Morgan fingerprint density at radius 1 is 1.20 bits per heavy atom. The van der Waals surface area contributed by atoms with Crippen molar-refractivity contribution >= 4 is 46.6 Å². The summed E-state index contributed by atoms with van der Waals surface area (Å²) >= 11 is 1.62. The van der Waals surface area contributed by atoms with Gasteiger partial charge in [0, 0.05) is 50.9 Å². The lowest BCUT2D eigenvalue weighted by Crippen LogP contribution is -2.35. The molecule has 4 rings (SSSR count). The maximum absolute atomic E-state index is 12.5. The molecule has 0 spiro atoms. The number of amides is 2. The van der Waals surface area contributed by atoms with E-state index in [1.165, 1.54) is 6.92 Å². The Balaban J connectivity index is 1.62. The molecule has 0 aromatic heterocycles. The minimum atomic E-state index is -0.108. The highest BCUT2D eigenvalue weighted by molar-refractivity contribution is 8.01. The molecule has 0 bridgehead atoms. The van der Waals surface area contributed by atoms with E-state index in [9.17, 15) is 9.59 Å². The van der Waals surface area contributed by atoms with E-state index in [1.807, 2.05) is 31.3 Å². The van der Waals surface area contributed by atoms with Gasteiger partial charge in [-0.15, -0.1) is 11.8 Å². The van der Waals surface area contributed by atoms with Crippen LogP contribution in [0.1, 0.15) is 18.1 Å². The Morgan fingerprint density at radius 3 is 2.70 bits per heavy atom. The molecule has 2 aliphatic rings. The normalized spacial score (nSPS) is 17.0. The maximum Gasteiger partial charge on any atom is 0.235 e. The predicted molar refractivity (Wildman–Crippen MR) is 121 cm³/mol. The molecule has 156 valence electrons. The maximum atomic E-state index is 12.5.